The van der Waals surface area contributed by atoms with E-state index in [0.717, 1.165) is 4.47 Å². The molecule has 1 atom stereocenters. The van der Waals surface area contributed by atoms with Crippen LogP contribution >= 0.6 is 15.9 Å². The summed E-state index contributed by atoms with van der Waals surface area (Å²) in [4.78, 5) is 11.1. The number of halogens is 1. The van der Waals surface area contributed by atoms with Crippen LogP contribution in [0.4, 0.5) is 0 Å². The van der Waals surface area contributed by atoms with E-state index in [0.29, 0.717) is 17.7 Å². The van der Waals surface area contributed by atoms with Crippen molar-refractivity contribution in [3.63, 3.8) is 0 Å². The Morgan fingerprint density at radius 1 is 1.59 bits per heavy atom. The number of nitrogens with one attached hydrogen (secondary N) is 1. The summed E-state index contributed by atoms with van der Waals surface area (Å²) in [7, 11) is 1.55. The number of aliphatic hydroxyl groups is 1. The Balaban J connectivity index is 2.76. The molecule has 0 spiro atoms. The molecule has 1 unspecified atom stereocenters. The topological polar surface area (TPSA) is 58.6 Å². The van der Waals surface area contributed by atoms with Gasteiger partial charge in [-0.3, -0.25) is 4.79 Å². The highest BCUT2D eigenvalue weighted by Crippen LogP contribution is 2.28. The highest BCUT2D eigenvalue weighted by Gasteiger charge is 2.14. The molecule has 0 aromatic heterocycles. The van der Waals surface area contributed by atoms with E-state index in [-0.39, 0.29) is 12.5 Å². The zero-order valence-electron chi connectivity index (χ0n) is 9.87. The van der Waals surface area contributed by atoms with Gasteiger partial charge in [0.2, 0.25) is 5.91 Å². The Kier molecular flexibility index (Phi) is 5.44. The first-order valence-electron chi connectivity index (χ1n) is 5.36. The highest BCUT2D eigenvalue weighted by molar-refractivity contribution is 9.10. The van der Waals surface area contributed by atoms with Gasteiger partial charge in [0.25, 0.3) is 0 Å². The number of benzene rings is 1. The molecule has 1 aromatic rings. The standard InChI is InChI=1S/C12H16BrNO3/c1-3-12(16)14-7-10(15)9-6-8(13)4-5-11(9)17-2/h4-6,10,15H,3,7H2,1-2H3,(H,14,16). The molecule has 0 aliphatic rings. The molecule has 0 aliphatic carbocycles. The quantitative estimate of drug-likeness (QED) is 0.875. The van der Waals surface area contributed by atoms with Crippen LogP contribution in [0, 0.1) is 0 Å². The Morgan fingerprint density at radius 3 is 2.88 bits per heavy atom. The lowest BCUT2D eigenvalue weighted by Crippen LogP contribution is -2.27. The van der Waals surface area contributed by atoms with Crippen LogP contribution in [0.2, 0.25) is 0 Å². The van der Waals surface area contributed by atoms with Crippen molar-refractivity contribution in [3.8, 4) is 5.75 Å². The van der Waals surface area contributed by atoms with Crippen LogP contribution in [0.5, 0.6) is 5.75 Å². The molecule has 94 valence electrons. The maximum absolute atomic E-state index is 11.1. The fourth-order valence-corrected chi connectivity index (χ4v) is 1.79. The van der Waals surface area contributed by atoms with Gasteiger partial charge in [-0.15, -0.1) is 0 Å². The summed E-state index contributed by atoms with van der Waals surface area (Å²) in [6, 6.07) is 5.38. The molecular formula is C12H16BrNO3. The van der Waals surface area contributed by atoms with E-state index in [1.54, 1.807) is 26.2 Å². The number of aliphatic hydroxyl groups excluding tert-OH is 1. The Hall–Kier alpha value is -1.07. The minimum Gasteiger partial charge on any atom is -0.496 e. The predicted molar refractivity (Wildman–Crippen MR) is 69.0 cm³/mol. The number of carbonyl (C=O) groups is 1. The Morgan fingerprint density at radius 2 is 2.29 bits per heavy atom. The fraction of sp³-hybridized carbons (Fsp3) is 0.417. The summed E-state index contributed by atoms with van der Waals surface area (Å²) < 4.78 is 6.02. The molecule has 0 bridgehead atoms. The monoisotopic (exact) mass is 301 g/mol. The molecule has 0 fully saturated rings. The Labute approximate surface area is 109 Å². The number of hydrogen-bond donors (Lipinski definition) is 2. The molecule has 2 N–H and O–H groups in total. The summed E-state index contributed by atoms with van der Waals surface area (Å²) in [5.41, 5.74) is 0.651. The van der Waals surface area contributed by atoms with Crippen molar-refractivity contribution < 1.29 is 14.6 Å². The summed E-state index contributed by atoms with van der Waals surface area (Å²) in [6.07, 6.45) is -0.375. The normalized spacial score (nSPS) is 12.0. The summed E-state index contributed by atoms with van der Waals surface area (Å²) in [5.74, 6) is 0.518. The zero-order valence-corrected chi connectivity index (χ0v) is 11.5. The van der Waals surface area contributed by atoms with Gasteiger partial charge in [-0.05, 0) is 18.2 Å². The lowest BCUT2D eigenvalue weighted by molar-refractivity contribution is -0.121. The zero-order chi connectivity index (χ0) is 12.8. The summed E-state index contributed by atoms with van der Waals surface area (Å²) in [5, 5.41) is 12.6. The third-order valence-electron chi connectivity index (χ3n) is 2.36. The highest BCUT2D eigenvalue weighted by atomic mass is 79.9. The van der Waals surface area contributed by atoms with Gasteiger partial charge in [-0.25, -0.2) is 0 Å². The first-order chi connectivity index (χ1) is 8.08. The molecule has 5 heteroatoms. The lowest BCUT2D eigenvalue weighted by atomic mass is 10.1. The van der Waals surface area contributed by atoms with E-state index in [9.17, 15) is 9.90 Å². The number of ether oxygens (including phenoxy) is 1. The number of carbonyl (C=O) groups excluding carboxylic acids is 1. The predicted octanol–water partition coefficient (Wildman–Crippen LogP) is 2.02. The van der Waals surface area contributed by atoms with Crippen molar-refractivity contribution in [1.82, 2.24) is 5.32 Å². The van der Waals surface area contributed by atoms with Crippen molar-refractivity contribution in [2.24, 2.45) is 0 Å². The van der Waals surface area contributed by atoms with E-state index in [2.05, 4.69) is 21.2 Å². The van der Waals surface area contributed by atoms with Crippen LogP contribution in [0.3, 0.4) is 0 Å². The largest absolute Gasteiger partial charge is 0.496 e. The molecule has 4 nitrogen and oxygen atoms in total. The second kappa shape index (κ2) is 6.61. The molecule has 17 heavy (non-hydrogen) atoms. The van der Waals surface area contributed by atoms with Crippen LogP contribution in [-0.2, 0) is 4.79 Å². The molecule has 0 saturated heterocycles. The average molecular weight is 302 g/mol. The van der Waals surface area contributed by atoms with Gasteiger partial charge in [0.15, 0.2) is 0 Å². The maximum atomic E-state index is 11.1. The fourth-order valence-electron chi connectivity index (χ4n) is 1.41. The van der Waals surface area contributed by atoms with Crippen LogP contribution in [0.25, 0.3) is 0 Å². The minimum atomic E-state index is -0.780. The van der Waals surface area contributed by atoms with E-state index < -0.39 is 6.10 Å². The first kappa shape index (κ1) is 14.0. The van der Waals surface area contributed by atoms with Crippen molar-refractivity contribution in [2.45, 2.75) is 19.4 Å². The van der Waals surface area contributed by atoms with Gasteiger partial charge in [0.1, 0.15) is 5.75 Å². The third-order valence-corrected chi connectivity index (χ3v) is 2.86. The van der Waals surface area contributed by atoms with Crippen LogP contribution in [-0.4, -0.2) is 24.7 Å². The van der Waals surface area contributed by atoms with E-state index >= 15 is 0 Å². The molecule has 1 amide bonds. The lowest BCUT2D eigenvalue weighted by Gasteiger charge is -2.15. The van der Waals surface area contributed by atoms with E-state index in [1.807, 2.05) is 6.07 Å². The molecule has 0 aliphatic heterocycles. The smallest absolute Gasteiger partial charge is 0.219 e. The number of amides is 1. The van der Waals surface area contributed by atoms with Crippen molar-refractivity contribution in [3.05, 3.63) is 28.2 Å². The second-order valence-corrected chi connectivity index (χ2v) is 4.48. The SMILES string of the molecule is CCC(=O)NCC(O)c1cc(Br)ccc1OC. The van der Waals surface area contributed by atoms with E-state index in [4.69, 9.17) is 4.74 Å². The van der Waals surface area contributed by atoms with E-state index in [1.165, 1.54) is 0 Å². The van der Waals surface area contributed by atoms with Crippen LogP contribution in [0.15, 0.2) is 22.7 Å². The molecular weight excluding hydrogens is 286 g/mol. The molecule has 0 saturated carbocycles. The molecule has 0 radical (unpaired) electrons. The summed E-state index contributed by atoms with van der Waals surface area (Å²) in [6.45, 7) is 1.95. The van der Waals surface area contributed by atoms with Gasteiger partial charge >= 0.3 is 0 Å². The van der Waals surface area contributed by atoms with Crippen molar-refractivity contribution >= 4 is 21.8 Å². The molecule has 1 aromatic carbocycles. The van der Waals surface area contributed by atoms with Gasteiger partial charge < -0.3 is 15.2 Å². The van der Waals surface area contributed by atoms with Crippen molar-refractivity contribution in [1.29, 1.82) is 0 Å². The van der Waals surface area contributed by atoms with Crippen molar-refractivity contribution in [2.75, 3.05) is 13.7 Å². The van der Waals surface area contributed by atoms with Crippen LogP contribution in [0.1, 0.15) is 25.0 Å². The third kappa shape index (κ3) is 4.02. The van der Waals surface area contributed by atoms with Gasteiger partial charge in [-0.2, -0.15) is 0 Å². The number of rotatable bonds is 5. The first-order valence-corrected chi connectivity index (χ1v) is 6.16. The van der Waals surface area contributed by atoms with Gasteiger partial charge in [0, 0.05) is 23.0 Å². The van der Waals surface area contributed by atoms with Gasteiger partial charge in [0.05, 0.1) is 13.2 Å². The molecule has 1 rings (SSSR count). The maximum Gasteiger partial charge on any atom is 0.219 e. The van der Waals surface area contributed by atoms with Crippen LogP contribution < -0.4 is 10.1 Å². The molecule has 0 heterocycles. The summed E-state index contributed by atoms with van der Waals surface area (Å²) >= 11 is 3.33. The second-order valence-electron chi connectivity index (χ2n) is 3.56. The number of methoxy groups -OCH3 is 1. The Bertz CT molecular complexity index is 395. The van der Waals surface area contributed by atoms with Gasteiger partial charge in [-0.1, -0.05) is 22.9 Å². The minimum absolute atomic E-state index is 0.0852. The average Bonchev–Trinajstić information content (AvgIpc) is 2.35. The number of hydrogen-bond acceptors (Lipinski definition) is 3.